The van der Waals surface area contributed by atoms with E-state index in [1.165, 1.54) is 6.07 Å². The average molecular weight is 266 g/mol. The molecule has 0 atom stereocenters. The van der Waals surface area contributed by atoms with Gasteiger partial charge in [-0.05, 0) is 6.07 Å². The Labute approximate surface area is 113 Å². The molecule has 0 aliphatic heterocycles. The summed E-state index contributed by atoms with van der Waals surface area (Å²) in [5, 5.41) is 10.7. The fourth-order valence-corrected chi connectivity index (χ4v) is 2.06. The molecule has 0 bridgehead atoms. The molecule has 1 N–H and O–H groups in total. The van der Waals surface area contributed by atoms with Crippen LogP contribution < -0.4 is 5.63 Å². The van der Waals surface area contributed by atoms with Gasteiger partial charge >= 0.3 is 5.63 Å². The van der Waals surface area contributed by atoms with Gasteiger partial charge in [0.25, 0.3) is 0 Å². The Morgan fingerprint density at radius 1 is 0.900 bits per heavy atom. The fourth-order valence-electron chi connectivity index (χ4n) is 2.06. The molecule has 2 aromatic carbocycles. The van der Waals surface area contributed by atoms with Crippen molar-refractivity contribution in [1.82, 2.24) is 0 Å². The lowest BCUT2D eigenvalue weighted by Crippen LogP contribution is -2.08. The third-order valence-electron chi connectivity index (χ3n) is 3.05. The molecule has 3 rings (SSSR count). The first-order chi connectivity index (χ1) is 9.68. The number of rotatable bonds is 2. The van der Waals surface area contributed by atoms with E-state index in [4.69, 9.17) is 4.42 Å². The minimum atomic E-state index is -0.641. The molecule has 0 saturated heterocycles. The molecular weight excluding hydrogens is 256 g/mol. The molecule has 0 amide bonds. The van der Waals surface area contributed by atoms with Gasteiger partial charge in [0.2, 0.25) is 11.5 Å². The summed E-state index contributed by atoms with van der Waals surface area (Å²) in [6, 6.07) is 14.8. The largest absolute Gasteiger partial charge is 0.504 e. The molecule has 0 radical (unpaired) electrons. The molecule has 20 heavy (non-hydrogen) atoms. The molecule has 4 heteroatoms. The lowest BCUT2D eigenvalue weighted by molar-refractivity contribution is 0.100. The van der Waals surface area contributed by atoms with Crippen molar-refractivity contribution >= 4 is 16.6 Å². The van der Waals surface area contributed by atoms with Crippen LogP contribution in [0.25, 0.3) is 10.8 Å². The van der Waals surface area contributed by atoms with E-state index in [2.05, 4.69) is 0 Å². The highest BCUT2D eigenvalue weighted by atomic mass is 16.4. The predicted octanol–water partition coefficient (Wildman–Crippen LogP) is 2.73. The average Bonchev–Trinajstić information content (AvgIpc) is 2.51. The van der Waals surface area contributed by atoms with Crippen molar-refractivity contribution < 1.29 is 14.3 Å². The Balaban J connectivity index is 2.25. The van der Waals surface area contributed by atoms with Crippen molar-refractivity contribution in [3.8, 4) is 5.75 Å². The van der Waals surface area contributed by atoms with E-state index in [-0.39, 0.29) is 16.9 Å². The van der Waals surface area contributed by atoms with Crippen LogP contribution in [-0.2, 0) is 0 Å². The fraction of sp³-hybridized carbons (Fsp3) is 0. The maximum Gasteiger partial charge on any atom is 0.344 e. The van der Waals surface area contributed by atoms with Gasteiger partial charge in [-0.15, -0.1) is 0 Å². The Hall–Kier alpha value is -2.88. The number of aromatic hydroxyl groups is 1. The summed E-state index contributed by atoms with van der Waals surface area (Å²) >= 11 is 0. The molecule has 1 aromatic heterocycles. The first kappa shape index (κ1) is 12.2. The van der Waals surface area contributed by atoms with Crippen molar-refractivity contribution in [3.63, 3.8) is 0 Å². The smallest absolute Gasteiger partial charge is 0.344 e. The number of hydrogen-bond acceptors (Lipinski definition) is 4. The summed E-state index contributed by atoms with van der Waals surface area (Å²) in [5.41, 5.74) is -0.293. The van der Waals surface area contributed by atoms with Gasteiger partial charge in [0.15, 0.2) is 5.75 Å². The molecular formula is C16H10O4. The van der Waals surface area contributed by atoms with Gasteiger partial charge in [0.1, 0.15) is 0 Å². The van der Waals surface area contributed by atoms with E-state index in [1.54, 1.807) is 48.5 Å². The van der Waals surface area contributed by atoms with Crippen LogP contribution in [0.1, 0.15) is 16.1 Å². The zero-order valence-corrected chi connectivity index (χ0v) is 10.4. The van der Waals surface area contributed by atoms with Crippen molar-refractivity contribution in [3.05, 3.63) is 76.3 Å². The second-order valence-corrected chi connectivity index (χ2v) is 4.31. The van der Waals surface area contributed by atoms with Crippen molar-refractivity contribution in [2.45, 2.75) is 0 Å². The Morgan fingerprint density at radius 2 is 1.50 bits per heavy atom. The van der Waals surface area contributed by atoms with E-state index in [0.29, 0.717) is 10.9 Å². The first-order valence-corrected chi connectivity index (χ1v) is 6.03. The Bertz CT molecular complexity index is 847. The third-order valence-corrected chi connectivity index (χ3v) is 3.05. The van der Waals surface area contributed by atoms with Crippen molar-refractivity contribution in [1.29, 1.82) is 0 Å². The minimum Gasteiger partial charge on any atom is -0.504 e. The van der Waals surface area contributed by atoms with Crippen LogP contribution in [0.2, 0.25) is 0 Å². The first-order valence-electron chi connectivity index (χ1n) is 6.03. The Morgan fingerprint density at radius 3 is 2.20 bits per heavy atom. The van der Waals surface area contributed by atoms with E-state index in [9.17, 15) is 14.7 Å². The molecule has 0 unspecified atom stereocenters. The number of benzene rings is 2. The number of carbonyl (C=O) groups excluding carboxylic acids is 1. The SMILES string of the molecule is O=C(c1ccccc1)c1oc(=O)c2ccccc2c1O. The van der Waals surface area contributed by atoms with Gasteiger partial charge in [-0.2, -0.15) is 0 Å². The summed E-state index contributed by atoms with van der Waals surface area (Å²) in [4.78, 5) is 24.1. The number of carbonyl (C=O) groups is 1. The van der Waals surface area contributed by atoms with Crippen LogP contribution in [0.3, 0.4) is 0 Å². The zero-order chi connectivity index (χ0) is 14.1. The summed E-state index contributed by atoms with van der Waals surface area (Å²) in [6.07, 6.45) is 0. The Kier molecular flexibility index (Phi) is 2.84. The molecule has 3 aromatic rings. The second kappa shape index (κ2) is 4.66. The lowest BCUT2D eigenvalue weighted by atomic mass is 10.1. The zero-order valence-electron chi connectivity index (χ0n) is 10.4. The maximum atomic E-state index is 12.3. The van der Waals surface area contributed by atoms with Gasteiger partial charge in [-0.3, -0.25) is 4.79 Å². The van der Waals surface area contributed by atoms with Crippen LogP contribution in [0.5, 0.6) is 5.75 Å². The van der Waals surface area contributed by atoms with E-state index < -0.39 is 11.4 Å². The van der Waals surface area contributed by atoms with E-state index >= 15 is 0 Å². The standard InChI is InChI=1S/C16H10O4/c17-13(10-6-2-1-3-7-10)15-14(18)11-8-4-5-9-12(11)16(19)20-15/h1-9,18H. The molecule has 98 valence electrons. The summed E-state index contributed by atoms with van der Waals surface area (Å²) in [6.45, 7) is 0. The number of fused-ring (bicyclic) bond motifs is 1. The highest BCUT2D eigenvalue weighted by Crippen LogP contribution is 2.27. The maximum absolute atomic E-state index is 12.3. The molecule has 0 aliphatic rings. The van der Waals surface area contributed by atoms with Gasteiger partial charge in [-0.1, -0.05) is 48.5 Å². The van der Waals surface area contributed by atoms with Gasteiger partial charge in [0.05, 0.1) is 5.39 Å². The monoisotopic (exact) mass is 266 g/mol. The highest BCUT2D eigenvalue weighted by Gasteiger charge is 2.20. The summed E-state index contributed by atoms with van der Waals surface area (Å²) < 4.78 is 4.98. The van der Waals surface area contributed by atoms with Gasteiger partial charge in [-0.25, -0.2) is 4.79 Å². The van der Waals surface area contributed by atoms with E-state index in [1.807, 2.05) is 0 Å². The van der Waals surface area contributed by atoms with Crippen LogP contribution in [0.4, 0.5) is 0 Å². The lowest BCUT2D eigenvalue weighted by Gasteiger charge is -2.05. The van der Waals surface area contributed by atoms with Crippen LogP contribution in [0.15, 0.2) is 63.8 Å². The minimum absolute atomic E-state index is 0.245. The van der Waals surface area contributed by atoms with Crippen LogP contribution >= 0.6 is 0 Å². The van der Waals surface area contributed by atoms with Gasteiger partial charge in [0, 0.05) is 10.9 Å². The molecule has 1 heterocycles. The van der Waals surface area contributed by atoms with Crippen LogP contribution in [-0.4, -0.2) is 10.9 Å². The quantitative estimate of drug-likeness (QED) is 0.724. The van der Waals surface area contributed by atoms with E-state index in [0.717, 1.165) is 0 Å². The number of ketones is 1. The normalized spacial score (nSPS) is 10.6. The van der Waals surface area contributed by atoms with Crippen molar-refractivity contribution in [2.24, 2.45) is 0 Å². The third kappa shape index (κ3) is 1.87. The molecule has 0 fully saturated rings. The molecule has 4 nitrogen and oxygen atoms in total. The molecule has 0 saturated carbocycles. The molecule has 0 spiro atoms. The predicted molar refractivity (Wildman–Crippen MR) is 74.0 cm³/mol. The van der Waals surface area contributed by atoms with Gasteiger partial charge < -0.3 is 9.52 Å². The molecule has 0 aliphatic carbocycles. The second-order valence-electron chi connectivity index (χ2n) is 4.31. The summed E-state index contributed by atoms with van der Waals surface area (Å²) in [5.74, 6) is -1.17. The topological polar surface area (TPSA) is 67.5 Å². The highest BCUT2D eigenvalue weighted by molar-refractivity contribution is 6.11. The van der Waals surface area contributed by atoms with Crippen LogP contribution in [0, 0.1) is 0 Å². The summed E-state index contributed by atoms with van der Waals surface area (Å²) in [7, 11) is 0. The number of hydrogen-bond donors (Lipinski definition) is 1. The van der Waals surface area contributed by atoms with Crippen molar-refractivity contribution in [2.75, 3.05) is 0 Å².